The molecule has 0 bridgehead atoms. The molecule has 0 spiro atoms. The third-order valence-corrected chi connectivity index (χ3v) is 7.01. The Labute approximate surface area is 214 Å². The van der Waals surface area contributed by atoms with Gasteiger partial charge in [-0.25, -0.2) is 8.78 Å². The van der Waals surface area contributed by atoms with Gasteiger partial charge in [0.2, 0.25) is 0 Å². The molecule has 188 valence electrons. The number of fused-ring (bicyclic) bond motifs is 1. The summed E-state index contributed by atoms with van der Waals surface area (Å²) in [5.41, 5.74) is 1.83. The standard InChI is InChI=1S/C28H27ClF2N2O3/c1-36-20-6-9-27-22(16-20)21(10-12-32-27)25(30)8-5-19-11-14-33(17-23(19)28(34)35)13-2-3-18-4-7-26(31)24(29)15-18/h4,6-7,9-10,12,15-16,19,23,25H,5,8,11,13-14,17H2,1H3,(H,34,35)/t19-,23+,25?/m1/s1. The fourth-order valence-electron chi connectivity index (χ4n) is 4.73. The number of methoxy groups -OCH3 is 1. The van der Waals surface area contributed by atoms with Gasteiger partial charge in [0.15, 0.2) is 0 Å². The number of likely N-dealkylation sites (tertiary alicyclic amines) is 1. The number of aromatic nitrogens is 1. The van der Waals surface area contributed by atoms with Crippen molar-refractivity contribution in [1.82, 2.24) is 9.88 Å². The van der Waals surface area contributed by atoms with Crippen LogP contribution in [-0.2, 0) is 4.79 Å². The number of benzene rings is 2. The molecule has 1 aromatic heterocycles. The summed E-state index contributed by atoms with van der Waals surface area (Å²) >= 11 is 5.79. The number of rotatable bonds is 7. The summed E-state index contributed by atoms with van der Waals surface area (Å²) in [5, 5.41) is 10.6. The van der Waals surface area contributed by atoms with Crippen LogP contribution in [0.25, 0.3) is 10.9 Å². The Bertz CT molecular complexity index is 1310. The number of hydrogen-bond acceptors (Lipinski definition) is 4. The van der Waals surface area contributed by atoms with E-state index in [0.717, 1.165) is 0 Å². The van der Waals surface area contributed by atoms with Gasteiger partial charge in [-0.2, -0.15) is 0 Å². The van der Waals surface area contributed by atoms with E-state index in [1.165, 1.54) is 12.1 Å². The highest BCUT2D eigenvalue weighted by molar-refractivity contribution is 6.30. The lowest BCUT2D eigenvalue weighted by Gasteiger charge is -2.35. The summed E-state index contributed by atoms with van der Waals surface area (Å²) in [6, 6.07) is 11.3. The second-order valence-electron chi connectivity index (χ2n) is 8.99. The van der Waals surface area contributed by atoms with Crippen LogP contribution in [0.1, 0.15) is 36.6 Å². The number of aliphatic carboxylic acids is 1. The third-order valence-electron chi connectivity index (χ3n) is 6.72. The van der Waals surface area contributed by atoms with Crippen molar-refractivity contribution in [2.75, 3.05) is 26.7 Å². The van der Waals surface area contributed by atoms with Crippen LogP contribution in [0.3, 0.4) is 0 Å². The van der Waals surface area contributed by atoms with Crippen LogP contribution in [0.15, 0.2) is 48.7 Å². The van der Waals surface area contributed by atoms with Gasteiger partial charge in [0.1, 0.15) is 17.7 Å². The van der Waals surface area contributed by atoms with Gasteiger partial charge in [0, 0.05) is 23.7 Å². The predicted octanol–water partition coefficient (Wildman–Crippen LogP) is 5.90. The number of carbonyl (C=O) groups is 1. The number of alkyl halides is 1. The Morgan fingerprint density at radius 2 is 2.14 bits per heavy atom. The topological polar surface area (TPSA) is 62.7 Å². The van der Waals surface area contributed by atoms with Crippen molar-refractivity contribution in [3.8, 4) is 17.6 Å². The lowest BCUT2D eigenvalue weighted by atomic mass is 9.81. The van der Waals surface area contributed by atoms with E-state index >= 15 is 4.39 Å². The minimum absolute atomic E-state index is 0.0126. The molecule has 1 aliphatic heterocycles. The van der Waals surface area contributed by atoms with Gasteiger partial charge in [-0.1, -0.05) is 23.4 Å². The van der Waals surface area contributed by atoms with Crippen LogP contribution in [0.5, 0.6) is 5.75 Å². The van der Waals surface area contributed by atoms with E-state index in [0.29, 0.717) is 60.3 Å². The van der Waals surface area contributed by atoms with Gasteiger partial charge >= 0.3 is 5.97 Å². The SMILES string of the molecule is COc1ccc2nccc(C(F)CC[C@@H]3CCN(CC#Cc4ccc(F)c(Cl)c4)C[C@@H]3C(=O)O)c2c1. The molecule has 0 aliphatic carbocycles. The zero-order valence-electron chi connectivity index (χ0n) is 19.9. The normalized spacial score (nSPS) is 18.9. The molecule has 0 radical (unpaired) electrons. The molecule has 1 N–H and O–H groups in total. The van der Waals surface area contributed by atoms with Gasteiger partial charge in [-0.3, -0.25) is 14.7 Å². The summed E-state index contributed by atoms with van der Waals surface area (Å²) in [6.07, 6.45) is 1.72. The Morgan fingerprint density at radius 3 is 2.89 bits per heavy atom. The van der Waals surface area contributed by atoms with E-state index in [9.17, 15) is 14.3 Å². The first-order chi connectivity index (χ1) is 17.4. The van der Waals surface area contributed by atoms with E-state index in [2.05, 4.69) is 16.8 Å². The molecule has 8 heteroatoms. The number of hydrogen-bond donors (Lipinski definition) is 1. The Kier molecular flexibility index (Phi) is 8.40. The summed E-state index contributed by atoms with van der Waals surface area (Å²) in [5.74, 6) is 4.50. The number of carboxylic acids is 1. The molecule has 5 nitrogen and oxygen atoms in total. The first-order valence-corrected chi connectivity index (χ1v) is 12.2. The fraction of sp³-hybridized carbons (Fsp3) is 0.357. The highest BCUT2D eigenvalue weighted by atomic mass is 35.5. The van der Waals surface area contributed by atoms with Crippen molar-refractivity contribution in [3.05, 3.63) is 70.6 Å². The minimum atomic E-state index is -1.23. The largest absolute Gasteiger partial charge is 0.497 e. The maximum atomic E-state index is 15.4. The maximum Gasteiger partial charge on any atom is 0.308 e. The number of pyridine rings is 1. The second kappa shape index (κ2) is 11.7. The highest BCUT2D eigenvalue weighted by Gasteiger charge is 2.34. The smallest absolute Gasteiger partial charge is 0.308 e. The summed E-state index contributed by atoms with van der Waals surface area (Å²) in [6.45, 7) is 1.42. The van der Waals surface area contributed by atoms with Crippen LogP contribution in [0.2, 0.25) is 5.02 Å². The number of carboxylic acid groups (broad SMARTS) is 1. The van der Waals surface area contributed by atoms with E-state index in [1.54, 1.807) is 43.6 Å². The molecular formula is C28H27ClF2N2O3. The molecule has 2 heterocycles. The molecule has 36 heavy (non-hydrogen) atoms. The van der Waals surface area contributed by atoms with E-state index in [-0.39, 0.29) is 17.4 Å². The summed E-state index contributed by atoms with van der Waals surface area (Å²) < 4.78 is 33.9. The molecule has 3 aromatic rings. The van der Waals surface area contributed by atoms with Crippen LogP contribution in [0, 0.1) is 29.5 Å². The van der Waals surface area contributed by atoms with Gasteiger partial charge < -0.3 is 9.84 Å². The Hall–Kier alpha value is -3.21. The first kappa shape index (κ1) is 25.9. The van der Waals surface area contributed by atoms with Crippen molar-refractivity contribution in [2.24, 2.45) is 11.8 Å². The van der Waals surface area contributed by atoms with Gasteiger partial charge in [-0.05, 0) is 79.8 Å². The third kappa shape index (κ3) is 6.13. The first-order valence-electron chi connectivity index (χ1n) is 11.8. The molecule has 0 amide bonds. The summed E-state index contributed by atoms with van der Waals surface area (Å²) in [4.78, 5) is 18.3. The number of nitrogens with zero attached hydrogens (tertiary/aromatic N) is 2. The average molecular weight is 513 g/mol. The molecule has 1 unspecified atom stereocenters. The Morgan fingerprint density at radius 1 is 1.31 bits per heavy atom. The lowest BCUT2D eigenvalue weighted by molar-refractivity contribution is -0.146. The number of halogens is 3. The van der Waals surface area contributed by atoms with Gasteiger partial charge in [0.25, 0.3) is 0 Å². The molecule has 3 atom stereocenters. The van der Waals surface area contributed by atoms with Crippen LogP contribution >= 0.6 is 11.6 Å². The van der Waals surface area contributed by atoms with Crippen molar-refractivity contribution >= 4 is 28.5 Å². The predicted molar refractivity (Wildman–Crippen MR) is 135 cm³/mol. The van der Waals surface area contributed by atoms with E-state index in [1.807, 2.05) is 4.90 Å². The Balaban J connectivity index is 1.37. The fourth-order valence-corrected chi connectivity index (χ4v) is 4.91. The molecule has 2 aromatic carbocycles. The zero-order chi connectivity index (χ0) is 25.7. The van der Waals surface area contributed by atoms with Crippen molar-refractivity contribution < 1.29 is 23.4 Å². The maximum absolute atomic E-state index is 15.4. The van der Waals surface area contributed by atoms with Crippen LogP contribution in [-0.4, -0.2) is 47.7 Å². The van der Waals surface area contributed by atoms with Gasteiger partial charge in [0.05, 0.1) is 30.1 Å². The molecule has 4 rings (SSSR count). The molecule has 1 aliphatic rings. The molecule has 0 saturated carbocycles. The molecule has 1 fully saturated rings. The average Bonchev–Trinajstić information content (AvgIpc) is 2.88. The monoisotopic (exact) mass is 512 g/mol. The highest BCUT2D eigenvalue weighted by Crippen LogP contribution is 2.35. The zero-order valence-corrected chi connectivity index (χ0v) is 20.6. The lowest BCUT2D eigenvalue weighted by Crippen LogP contribution is -2.44. The summed E-state index contributed by atoms with van der Waals surface area (Å²) in [7, 11) is 1.56. The second-order valence-corrected chi connectivity index (χ2v) is 9.39. The van der Waals surface area contributed by atoms with Crippen LogP contribution in [0.4, 0.5) is 8.78 Å². The van der Waals surface area contributed by atoms with Crippen molar-refractivity contribution in [2.45, 2.75) is 25.4 Å². The van der Waals surface area contributed by atoms with Crippen molar-refractivity contribution in [3.63, 3.8) is 0 Å². The number of ether oxygens (including phenoxy) is 1. The molecular weight excluding hydrogens is 486 g/mol. The van der Waals surface area contributed by atoms with Crippen molar-refractivity contribution in [1.29, 1.82) is 0 Å². The van der Waals surface area contributed by atoms with Gasteiger partial charge in [-0.15, -0.1) is 0 Å². The molecule has 1 saturated heterocycles. The quantitative estimate of drug-likeness (QED) is 0.399. The minimum Gasteiger partial charge on any atom is -0.497 e. The number of piperidine rings is 1. The van der Waals surface area contributed by atoms with Crippen LogP contribution < -0.4 is 4.74 Å². The van der Waals surface area contributed by atoms with E-state index < -0.39 is 23.9 Å². The van der Waals surface area contributed by atoms with E-state index in [4.69, 9.17) is 16.3 Å².